The molecule has 2 aromatic heterocycles. The highest BCUT2D eigenvalue weighted by atomic mass is 19.3. The second-order valence-electron chi connectivity index (χ2n) is 6.06. The van der Waals surface area contributed by atoms with E-state index in [2.05, 4.69) is 49.4 Å². The number of nitrogens with one attached hydrogen (secondary N) is 3. The van der Waals surface area contributed by atoms with Crippen LogP contribution in [0, 0.1) is 11.8 Å². The average Bonchev–Trinajstić information content (AvgIpc) is 2.97. The van der Waals surface area contributed by atoms with E-state index in [4.69, 9.17) is 4.74 Å². The Bertz CT molecular complexity index is 688. The van der Waals surface area contributed by atoms with E-state index in [0.29, 0.717) is 29.4 Å². The Labute approximate surface area is 143 Å². The fourth-order valence-electron chi connectivity index (χ4n) is 2.83. The minimum absolute atomic E-state index is 0.0454. The predicted molar refractivity (Wildman–Crippen MR) is 86.1 cm³/mol. The van der Waals surface area contributed by atoms with Gasteiger partial charge < -0.3 is 20.1 Å². The van der Waals surface area contributed by atoms with Crippen LogP contribution in [0.2, 0.25) is 0 Å². The normalized spacial score (nSPS) is 23.5. The molecule has 0 saturated carbocycles. The van der Waals surface area contributed by atoms with E-state index < -0.39 is 6.61 Å². The Balaban J connectivity index is 1.66. The van der Waals surface area contributed by atoms with Gasteiger partial charge in [-0.3, -0.25) is 10.1 Å². The molecule has 1 saturated heterocycles. The lowest BCUT2D eigenvalue weighted by molar-refractivity contribution is -0.0528. The predicted octanol–water partition coefficient (Wildman–Crippen LogP) is 2.17. The molecule has 1 aliphatic heterocycles. The minimum atomic E-state index is -2.93. The van der Waals surface area contributed by atoms with Gasteiger partial charge in [-0.2, -0.15) is 13.8 Å². The zero-order chi connectivity index (χ0) is 17.8. The van der Waals surface area contributed by atoms with Crippen LogP contribution in [0.3, 0.4) is 0 Å². The van der Waals surface area contributed by atoms with Gasteiger partial charge in [0.05, 0.1) is 12.4 Å². The van der Waals surface area contributed by atoms with Crippen molar-refractivity contribution in [3.8, 4) is 11.8 Å². The Hall–Kier alpha value is -2.49. The van der Waals surface area contributed by atoms with Crippen molar-refractivity contribution in [1.82, 2.24) is 25.5 Å². The van der Waals surface area contributed by atoms with Crippen LogP contribution < -0.4 is 20.1 Å². The van der Waals surface area contributed by atoms with Gasteiger partial charge in [-0.05, 0) is 0 Å². The first-order chi connectivity index (χ1) is 12.0. The molecular weight excluding hydrogens is 334 g/mol. The summed E-state index contributed by atoms with van der Waals surface area (Å²) in [5, 5.41) is 12.4. The summed E-state index contributed by atoms with van der Waals surface area (Å²) in [7, 11) is 0. The maximum Gasteiger partial charge on any atom is 0.388 e. The zero-order valence-electron chi connectivity index (χ0n) is 13.9. The second kappa shape index (κ2) is 7.60. The molecule has 8 nitrogen and oxygen atoms in total. The van der Waals surface area contributed by atoms with E-state index in [1.165, 1.54) is 12.3 Å². The highest BCUT2D eigenvalue weighted by Gasteiger charge is 2.29. The number of rotatable bonds is 6. The van der Waals surface area contributed by atoms with Gasteiger partial charge in [0.25, 0.3) is 0 Å². The van der Waals surface area contributed by atoms with Crippen molar-refractivity contribution in [2.75, 3.05) is 18.4 Å². The summed E-state index contributed by atoms with van der Waals surface area (Å²) in [6, 6.07) is 1.30. The smallest absolute Gasteiger partial charge is 0.388 e. The second-order valence-corrected chi connectivity index (χ2v) is 6.06. The average molecular weight is 354 g/mol. The van der Waals surface area contributed by atoms with Crippen molar-refractivity contribution >= 4 is 11.6 Å². The van der Waals surface area contributed by atoms with Crippen LogP contribution in [0.1, 0.15) is 13.8 Å². The molecule has 3 N–H and O–H groups in total. The van der Waals surface area contributed by atoms with Gasteiger partial charge in [0.2, 0.25) is 11.8 Å². The van der Waals surface area contributed by atoms with Crippen molar-refractivity contribution in [3.05, 3.63) is 18.5 Å². The number of alkyl halides is 2. The lowest BCUT2D eigenvalue weighted by Gasteiger charge is -2.34. The first-order valence-corrected chi connectivity index (χ1v) is 7.98. The number of ether oxygens (including phenoxy) is 2. The first kappa shape index (κ1) is 17.3. The number of aromatic amines is 1. The molecule has 0 amide bonds. The third kappa shape index (κ3) is 4.53. The molecule has 25 heavy (non-hydrogen) atoms. The summed E-state index contributed by atoms with van der Waals surface area (Å²) < 4.78 is 34.5. The minimum Gasteiger partial charge on any atom is -0.473 e. The monoisotopic (exact) mass is 354 g/mol. The van der Waals surface area contributed by atoms with E-state index in [9.17, 15) is 8.78 Å². The van der Waals surface area contributed by atoms with E-state index in [0.717, 1.165) is 13.1 Å². The molecule has 3 heterocycles. The highest BCUT2D eigenvalue weighted by molar-refractivity contribution is 5.51. The van der Waals surface area contributed by atoms with Crippen LogP contribution in [0.5, 0.6) is 11.8 Å². The van der Waals surface area contributed by atoms with Crippen LogP contribution in [0.25, 0.3) is 0 Å². The Kier molecular flexibility index (Phi) is 5.27. The van der Waals surface area contributed by atoms with Crippen molar-refractivity contribution in [1.29, 1.82) is 0 Å². The van der Waals surface area contributed by atoms with Crippen LogP contribution in [0.4, 0.5) is 20.4 Å². The summed E-state index contributed by atoms with van der Waals surface area (Å²) >= 11 is 0. The molecular formula is C15H20F2N6O2. The third-order valence-electron chi connectivity index (χ3n) is 3.95. The molecule has 2 unspecified atom stereocenters. The molecule has 0 aliphatic carbocycles. The maximum absolute atomic E-state index is 12.2. The van der Waals surface area contributed by atoms with Crippen LogP contribution in [-0.4, -0.2) is 46.0 Å². The number of aromatic nitrogens is 4. The van der Waals surface area contributed by atoms with E-state index in [-0.39, 0.29) is 12.0 Å². The quantitative estimate of drug-likeness (QED) is 0.731. The number of hydrogen-bond acceptors (Lipinski definition) is 7. The Morgan fingerprint density at radius 2 is 1.96 bits per heavy atom. The van der Waals surface area contributed by atoms with Gasteiger partial charge in [0, 0.05) is 31.0 Å². The number of H-pyrrole nitrogens is 1. The van der Waals surface area contributed by atoms with Gasteiger partial charge in [-0.25, -0.2) is 0 Å². The lowest BCUT2D eigenvalue weighted by atomic mass is 9.89. The Morgan fingerprint density at radius 1 is 1.20 bits per heavy atom. The Morgan fingerprint density at radius 3 is 2.68 bits per heavy atom. The van der Waals surface area contributed by atoms with Gasteiger partial charge in [0.1, 0.15) is 11.9 Å². The summed E-state index contributed by atoms with van der Waals surface area (Å²) in [6.45, 7) is 3.10. The molecule has 0 aromatic carbocycles. The maximum atomic E-state index is 12.2. The number of anilines is 2. The molecule has 10 heteroatoms. The third-order valence-corrected chi connectivity index (χ3v) is 3.95. The van der Waals surface area contributed by atoms with Crippen molar-refractivity contribution in [2.45, 2.75) is 26.6 Å². The fourth-order valence-corrected chi connectivity index (χ4v) is 2.83. The van der Waals surface area contributed by atoms with E-state index >= 15 is 0 Å². The topological polar surface area (TPSA) is 97.0 Å². The largest absolute Gasteiger partial charge is 0.473 e. The van der Waals surface area contributed by atoms with E-state index in [1.807, 2.05) is 0 Å². The SMILES string of the molecule is CC1CNCC(C)C1Oc1cncc(Nc2cc(OC(F)F)n[nH]2)n1. The van der Waals surface area contributed by atoms with E-state index in [1.54, 1.807) is 6.20 Å². The van der Waals surface area contributed by atoms with Crippen molar-refractivity contribution in [3.63, 3.8) is 0 Å². The molecule has 0 radical (unpaired) electrons. The van der Waals surface area contributed by atoms with Crippen molar-refractivity contribution < 1.29 is 18.3 Å². The van der Waals surface area contributed by atoms with Gasteiger partial charge in [0.15, 0.2) is 5.82 Å². The molecule has 1 aliphatic rings. The number of nitrogens with zero attached hydrogens (tertiary/aromatic N) is 3. The molecule has 2 atom stereocenters. The number of hydrogen-bond donors (Lipinski definition) is 3. The van der Waals surface area contributed by atoms with Crippen LogP contribution in [-0.2, 0) is 0 Å². The molecule has 1 fully saturated rings. The van der Waals surface area contributed by atoms with Crippen LogP contribution >= 0.6 is 0 Å². The molecule has 136 valence electrons. The van der Waals surface area contributed by atoms with Crippen LogP contribution in [0.15, 0.2) is 18.5 Å². The van der Waals surface area contributed by atoms with Crippen molar-refractivity contribution in [2.24, 2.45) is 11.8 Å². The van der Waals surface area contributed by atoms with Gasteiger partial charge >= 0.3 is 6.61 Å². The number of piperidine rings is 1. The first-order valence-electron chi connectivity index (χ1n) is 7.98. The highest BCUT2D eigenvalue weighted by Crippen LogP contribution is 2.24. The lowest BCUT2D eigenvalue weighted by Crippen LogP contribution is -2.47. The molecule has 0 bridgehead atoms. The summed E-state index contributed by atoms with van der Waals surface area (Å²) in [6.07, 6.45) is 3.09. The zero-order valence-corrected chi connectivity index (χ0v) is 13.9. The fraction of sp³-hybridized carbons (Fsp3) is 0.533. The molecule has 0 spiro atoms. The summed E-state index contributed by atoms with van der Waals surface area (Å²) in [4.78, 5) is 8.45. The number of halogens is 2. The molecule has 2 aromatic rings. The molecule has 3 rings (SSSR count). The van der Waals surface area contributed by atoms with Gasteiger partial charge in [-0.1, -0.05) is 13.8 Å². The van der Waals surface area contributed by atoms with Gasteiger partial charge in [-0.15, -0.1) is 5.10 Å². The standard InChI is InChI=1S/C15H20F2N6O2/c1-8-4-18-5-9(2)14(8)24-13-7-19-6-11(21-13)20-10-3-12(23-22-10)25-15(16)17/h3,6-9,14-15,18H,4-5H2,1-2H3,(H2,20,21,22,23). The summed E-state index contributed by atoms with van der Waals surface area (Å²) in [5.41, 5.74) is 0. The summed E-state index contributed by atoms with van der Waals surface area (Å²) in [5.74, 6) is 1.65.